The fourth-order valence-electron chi connectivity index (χ4n) is 3.35. The lowest BCUT2D eigenvalue weighted by Gasteiger charge is -2.32. The number of nitrogens with one attached hydrogen (secondary N) is 1. The number of para-hydroxylation sites is 1. The van der Waals surface area contributed by atoms with Gasteiger partial charge in [-0.2, -0.15) is 0 Å². The van der Waals surface area contributed by atoms with Crippen molar-refractivity contribution in [3.05, 3.63) is 53.9 Å². The van der Waals surface area contributed by atoms with Crippen molar-refractivity contribution in [3.8, 4) is 0 Å². The molecule has 1 aromatic heterocycles. The van der Waals surface area contributed by atoms with Crippen molar-refractivity contribution in [1.82, 2.24) is 14.4 Å². The average molecular weight is 413 g/mol. The number of amides is 3. The topological polar surface area (TPSA) is 57.6 Å². The van der Waals surface area contributed by atoms with Crippen LogP contribution in [0.15, 0.2) is 42.6 Å². The smallest absolute Gasteiger partial charge is 0.322 e. The molecule has 1 aromatic carbocycles. The summed E-state index contributed by atoms with van der Waals surface area (Å²) in [7, 11) is 1.98. The third-order valence-electron chi connectivity index (χ3n) is 5.42. The minimum Gasteiger partial charge on any atom is -0.353 e. The van der Waals surface area contributed by atoms with Gasteiger partial charge in [0.25, 0.3) is 0 Å². The molecule has 6 nitrogen and oxygen atoms in total. The van der Waals surface area contributed by atoms with Crippen molar-refractivity contribution in [3.63, 3.8) is 0 Å². The Hall–Kier alpha value is -2.76. The Balaban J connectivity index is 2.17. The van der Waals surface area contributed by atoms with Gasteiger partial charge in [-0.1, -0.05) is 39.0 Å². The number of carbonyl (C=O) groups excluding carboxylic acids is 2. The zero-order chi connectivity index (χ0) is 22.3. The van der Waals surface area contributed by atoms with Gasteiger partial charge in [0, 0.05) is 37.2 Å². The number of nitrogens with zero attached hydrogens (tertiary/aromatic N) is 3. The molecule has 0 fully saturated rings. The summed E-state index contributed by atoms with van der Waals surface area (Å²) < 4.78 is 2.03. The first-order valence-corrected chi connectivity index (χ1v) is 10.7. The second-order valence-corrected chi connectivity index (χ2v) is 8.41. The van der Waals surface area contributed by atoms with E-state index in [4.69, 9.17) is 0 Å². The maximum atomic E-state index is 13.3. The number of anilines is 1. The maximum Gasteiger partial charge on any atom is 0.322 e. The van der Waals surface area contributed by atoms with Gasteiger partial charge in [-0.05, 0) is 49.9 Å². The van der Waals surface area contributed by atoms with Crippen LogP contribution in [0, 0.1) is 12.8 Å². The molecule has 0 aliphatic rings. The summed E-state index contributed by atoms with van der Waals surface area (Å²) in [6.07, 6.45) is 2.75. The molecule has 0 saturated carbocycles. The average Bonchev–Trinajstić information content (AvgIpc) is 3.10. The van der Waals surface area contributed by atoms with Crippen LogP contribution in [-0.4, -0.2) is 45.4 Å². The molecule has 164 valence electrons. The molecule has 0 aliphatic carbocycles. The number of aryl methyl sites for hydroxylation is 2. The van der Waals surface area contributed by atoms with Crippen LogP contribution in [0.2, 0.25) is 0 Å². The van der Waals surface area contributed by atoms with E-state index in [9.17, 15) is 9.59 Å². The van der Waals surface area contributed by atoms with E-state index >= 15 is 0 Å². The van der Waals surface area contributed by atoms with Crippen LogP contribution in [0.3, 0.4) is 0 Å². The zero-order valence-electron chi connectivity index (χ0n) is 19.2. The van der Waals surface area contributed by atoms with Gasteiger partial charge in [-0.25, -0.2) is 4.79 Å². The number of urea groups is 1. The van der Waals surface area contributed by atoms with E-state index in [1.54, 1.807) is 4.90 Å². The normalized spacial score (nSPS) is 12.0. The van der Waals surface area contributed by atoms with Gasteiger partial charge in [0.15, 0.2) is 0 Å². The summed E-state index contributed by atoms with van der Waals surface area (Å²) in [5.74, 6) is 0.303. The highest BCUT2D eigenvalue weighted by molar-refractivity contribution is 5.93. The van der Waals surface area contributed by atoms with Gasteiger partial charge >= 0.3 is 6.03 Å². The van der Waals surface area contributed by atoms with Gasteiger partial charge in [0.05, 0.1) is 6.54 Å². The molecule has 0 bridgehead atoms. The molecule has 2 aromatic rings. The highest BCUT2D eigenvalue weighted by Gasteiger charge is 2.26. The highest BCUT2D eigenvalue weighted by atomic mass is 16.2. The summed E-state index contributed by atoms with van der Waals surface area (Å²) >= 11 is 0. The van der Waals surface area contributed by atoms with E-state index in [1.165, 1.54) is 0 Å². The molecule has 0 aliphatic heterocycles. The summed E-state index contributed by atoms with van der Waals surface area (Å²) in [5, 5.41) is 2.98. The Morgan fingerprint density at radius 2 is 1.80 bits per heavy atom. The molecule has 0 spiro atoms. The van der Waals surface area contributed by atoms with Crippen LogP contribution >= 0.6 is 0 Å². The second kappa shape index (κ2) is 10.9. The van der Waals surface area contributed by atoms with Crippen LogP contribution < -0.4 is 5.32 Å². The van der Waals surface area contributed by atoms with Crippen molar-refractivity contribution in [2.75, 3.05) is 18.4 Å². The van der Waals surface area contributed by atoms with Crippen LogP contribution in [0.1, 0.15) is 45.4 Å². The summed E-state index contributed by atoms with van der Waals surface area (Å²) in [4.78, 5) is 29.8. The Morgan fingerprint density at radius 1 is 1.10 bits per heavy atom. The molecule has 0 saturated heterocycles. The Labute approximate surface area is 180 Å². The lowest BCUT2D eigenvalue weighted by atomic mass is 10.2. The van der Waals surface area contributed by atoms with Gasteiger partial charge in [-0.3, -0.25) is 4.79 Å². The standard InChI is InChI=1S/C24H36N4O2/c1-7-20(5)28(24(30)25-22-13-9-8-11-19(22)4)17-23(29)27(15-18(2)3)16-21-12-10-14-26(21)6/h8-14,18,20H,7,15-17H2,1-6H3,(H,25,30)/t20-/m0/s1. The van der Waals surface area contributed by atoms with Crippen molar-refractivity contribution < 1.29 is 9.59 Å². The van der Waals surface area contributed by atoms with Crippen LogP contribution in [-0.2, 0) is 18.4 Å². The summed E-state index contributed by atoms with van der Waals surface area (Å²) in [6.45, 7) is 11.4. The minimum absolute atomic E-state index is 0.0369. The largest absolute Gasteiger partial charge is 0.353 e. The molecule has 1 atom stereocenters. The first-order chi connectivity index (χ1) is 14.2. The predicted octanol–water partition coefficient (Wildman–Crippen LogP) is 4.65. The van der Waals surface area contributed by atoms with E-state index in [-0.39, 0.29) is 24.5 Å². The van der Waals surface area contributed by atoms with Crippen LogP contribution in [0.5, 0.6) is 0 Å². The second-order valence-electron chi connectivity index (χ2n) is 8.41. The molecule has 30 heavy (non-hydrogen) atoms. The molecule has 1 heterocycles. The SMILES string of the molecule is CC[C@H](C)N(CC(=O)N(Cc1cccn1C)CC(C)C)C(=O)Nc1ccccc1C. The fraction of sp³-hybridized carbons (Fsp3) is 0.500. The lowest BCUT2D eigenvalue weighted by molar-refractivity contribution is -0.133. The molecule has 0 radical (unpaired) electrons. The zero-order valence-corrected chi connectivity index (χ0v) is 19.2. The van der Waals surface area contributed by atoms with Gasteiger partial charge in [-0.15, -0.1) is 0 Å². The lowest BCUT2D eigenvalue weighted by Crippen LogP contribution is -2.48. The van der Waals surface area contributed by atoms with Crippen molar-refractivity contribution in [2.24, 2.45) is 13.0 Å². The highest BCUT2D eigenvalue weighted by Crippen LogP contribution is 2.16. The molecular weight excluding hydrogens is 376 g/mol. The van der Waals surface area contributed by atoms with Crippen LogP contribution in [0.25, 0.3) is 0 Å². The van der Waals surface area contributed by atoms with E-state index in [0.717, 1.165) is 23.4 Å². The van der Waals surface area contributed by atoms with Gasteiger partial charge in [0.2, 0.25) is 5.91 Å². The van der Waals surface area contributed by atoms with E-state index < -0.39 is 0 Å². The molecule has 0 unspecified atom stereocenters. The number of hydrogen-bond donors (Lipinski definition) is 1. The first kappa shape index (κ1) is 23.5. The third kappa shape index (κ3) is 6.37. The van der Waals surface area contributed by atoms with E-state index in [2.05, 4.69) is 19.2 Å². The fourth-order valence-corrected chi connectivity index (χ4v) is 3.35. The predicted molar refractivity (Wildman–Crippen MR) is 122 cm³/mol. The number of rotatable bonds is 9. The molecule has 3 amide bonds. The van der Waals surface area contributed by atoms with E-state index in [1.807, 2.05) is 79.9 Å². The third-order valence-corrected chi connectivity index (χ3v) is 5.42. The molecule has 2 rings (SSSR count). The molecule has 6 heteroatoms. The summed E-state index contributed by atoms with van der Waals surface area (Å²) in [5.41, 5.74) is 2.83. The number of hydrogen-bond acceptors (Lipinski definition) is 2. The minimum atomic E-state index is -0.240. The van der Waals surface area contributed by atoms with Crippen LogP contribution in [0.4, 0.5) is 10.5 Å². The molecular formula is C24H36N4O2. The van der Waals surface area contributed by atoms with Gasteiger partial charge < -0.3 is 19.7 Å². The van der Waals surface area contributed by atoms with E-state index in [0.29, 0.717) is 19.0 Å². The number of carbonyl (C=O) groups is 2. The van der Waals surface area contributed by atoms with Gasteiger partial charge in [0.1, 0.15) is 6.54 Å². The maximum absolute atomic E-state index is 13.3. The molecule has 1 N–H and O–H groups in total. The Bertz CT molecular complexity index is 843. The quantitative estimate of drug-likeness (QED) is 0.652. The Kier molecular flexibility index (Phi) is 8.51. The number of aromatic nitrogens is 1. The first-order valence-electron chi connectivity index (χ1n) is 10.7. The van der Waals surface area contributed by atoms with Crippen molar-refractivity contribution in [2.45, 2.75) is 53.6 Å². The Morgan fingerprint density at radius 3 is 2.37 bits per heavy atom. The van der Waals surface area contributed by atoms with Crippen molar-refractivity contribution in [1.29, 1.82) is 0 Å². The number of benzene rings is 1. The van der Waals surface area contributed by atoms with Crippen molar-refractivity contribution >= 4 is 17.6 Å². The monoisotopic (exact) mass is 412 g/mol. The summed E-state index contributed by atoms with van der Waals surface area (Å²) in [6, 6.07) is 11.4.